The van der Waals surface area contributed by atoms with Crippen molar-refractivity contribution in [2.24, 2.45) is 0 Å². The van der Waals surface area contributed by atoms with Gasteiger partial charge in [-0.15, -0.1) is 0 Å². The number of hydrogen-bond acceptors (Lipinski definition) is 2. The first-order chi connectivity index (χ1) is 2.00. The van der Waals surface area contributed by atoms with E-state index >= 15 is 0 Å². The Kier molecular flexibility index (Phi) is 0.381. The van der Waals surface area contributed by atoms with Crippen molar-refractivity contribution in [3.63, 3.8) is 0 Å². The van der Waals surface area contributed by atoms with Crippen LogP contribution in [0.3, 0.4) is 0 Å². The molecule has 0 spiro atoms. The first-order valence-electron chi connectivity index (χ1n) is 1.17. The summed E-state index contributed by atoms with van der Waals surface area (Å²) in [5, 5.41) is 2.76. The van der Waals surface area contributed by atoms with E-state index in [0.29, 0.717) is 6.73 Å². The van der Waals surface area contributed by atoms with Crippen molar-refractivity contribution in [2.45, 2.75) is 0 Å². The van der Waals surface area contributed by atoms with Gasteiger partial charge in [0.15, 0.2) is 6.73 Å². The highest BCUT2D eigenvalue weighted by atomic mass is 16.5. The lowest BCUT2D eigenvalue weighted by atomic mass is 11.0. The zero-order chi connectivity index (χ0) is 2.83. The lowest BCUT2D eigenvalue weighted by molar-refractivity contribution is 0.0667. The first-order valence-corrected chi connectivity index (χ1v) is 1.17. The van der Waals surface area contributed by atoms with Gasteiger partial charge in [0, 0.05) is 0 Å². The van der Waals surface area contributed by atoms with Crippen LogP contribution < -0.4 is 5.32 Å². The molecule has 0 aromatic rings. The molecule has 0 unspecified atom stereocenters. The van der Waals surface area contributed by atoms with E-state index in [4.69, 9.17) is 0 Å². The van der Waals surface area contributed by atoms with Gasteiger partial charge in [-0.2, -0.15) is 0 Å². The first kappa shape index (κ1) is 2.18. The van der Waals surface area contributed by atoms with E-state index in [9.17, 15) is 0 Å². The molecule has 1 saturated heterocycles. The van der Waals surface area contributed by atoms with Crippen LogP contribution in [0.4, 0.5) is 0 Å². The molecule has 0 atom stereocenters. The predicted octanol–water partition coefficient (Wildman–Crippen LogP) is -0.317. The summed E-state index contributed by atoms with van der Waals surface area (Å²) in [6.07, 6.45) is 0. The quantitative estimate of drug-likeness (QED) is 0.412. The van der Waals surface area contributed by atoms with Crippen molar-refractivity contribution >= 4 is 0 Å². The third-order valence-corrected chi connectivity index (χ3v) is 0.333. The van der Waals surface area contributed by atoms with Crippen LogP contribution in [-0.4, -0.2) is 6.73 Å². The molecule has 0 aromatic carbocycles. The second-order valence-electron chi connectivity index (χ2n) is 0.633. The molecule has 1 fully saturated rings. The molecule has 0 aromatic heterocycles. The second-order valence-corrected chi connectivity index (χ2v) is 0.633. The highest BCUT2D eigenvalue weighted by molar-refractivity contribution is 4.49. The molecular formula is C2H4NO. The van der Waals surface area contributed by atoms with E-state index < -0.39 is 0 Å². The molecule has 2 heteroatoms. The van der Waals surface area contributed by atoms with Gasteiger partial charge in [0.05, 0.1) is 0 Å². The molecule has 1 aliphatic heterocycles. The molecule has 0 saturated carbocycles. The Hall–Kier alpha value is -0.0800. The van der Waals surface area contributed by atoms with Gasteiger partial charge in [0.1, 0.15) is 6.73 Å². The third-order valence-electron chi connectivity index (χ3n) is 0.333. The van der Waals surface area contributed by atoms with Gasteiger partial charge >= 0.3 is 0 Å². The summed E-state index contributed by atoms with van der Waals surface area (Å²) in [7, 11) is 0. The van der Waals surface area contributed by atoms with Gasteiger partial charge in [0.2, 0.25) is 0 Å². The van der Waals surface area contributed by atoms with Gasteiger partial charge in [-0.3, -0.25) is 5.32 Å². The second kappa shape index (κ2) is 0.701. The Balaban J connectivity index is 2.00. The number of rotatable bonds is 0. The van der Waals surface area contributed by atoms with Crippen LogP contribution in [0.15, 0.2) is 0 Å². The van der Waals surface area contributed by atoms with Crippen LogP contribution in [0, 0.1) is 6.73 Å². The van der Waals surface area contributed by atoms with E-state index in [-0.39, 0.29) is 0 Å². The predicted molar refractivity (Wildman–Crippen MR) is 13.4 cm³/mol. The topological polar surface area (TPSA) is 21.3 Å². The highest BCUT2D eigenvalue weighted by Crippen LogP contribution is 1.81. The minimum atomic E-state index is 0.694. The molecule has 1 aliphatic rings. The maximum atomic E-state index is 4.49. The third kappa shape index (κ3) is 0.106. The summed E-state index contributed by atoms with van der Waals surface area (Å²) >= 11 is 0. The largest absolute Gasteiger partial charge is 0.344 e. The summed E-state index contributed by atoms with van der Waals surface area (Å²) in [6.45, 7) is 2.25. The maximum absolute atomic E-state index is 4.49. The van der Waals surface area contributed by atoms with Crippen LogP contribution >= 0.6 is 0 Å². The lowest BCUT2D eigenvalue weighted by Gasteiger charge is -2.10. The Morgan fingerprint density at radius 3 is 2.25 bits per heavy atom. The number of nitrogens with one attached hydrogen (secondary N) is 1. The zero-order valence-corrected chi connectivity index (χ0v) is 2.19. The Morgan fingerprint density at radius 1 is 2.00 bits per heavy atom. The minimum Gasteiger partial charge on any atom is -0.344 e. The Bertz CT molecular complexity index is 14.0. The fraction of sp³-hybridized carbons (Fsp3) is 0.500. The summed E-state index contributed by atoms with van der Waals surface area (Å²) in [4.78, 5) is 0. The summed E-state index contributed by atoms with van der Waals surface area (Å²) in [5.74, 6) is 0. The fourth-order valence-corrected chi connectivity index (χ4v) is 0.0833. The molecule has 0 amide bonds. The fourth-order valence-electron chi connectivity index (χ4n) is 0.0833. The van der Waals surface area contributed by atoms with Crippen LogP contribution in [0.5, 0.6) is 0 Å². The van der Waals surface area contributed by atoms with Crippen LogP contribution in [-0.2, 0) is 4.74 Å². The zero-order valence-electron chi connectivity index (χ0n) is 2.19. The standard InChI is InChI=1S/C2H4NO/c1-3-2-4-1/h1,3H,2H2. The van der Waals surface area contributed by atoms with Gasteiger partial charge in [-0.25, -0.2) is 0 Å². The van der Waals surface area contributed by atoms with Crippen molar-refractivity contribution in [1.29, 1.82) is 0 Å². The lowest BCUT2D eigenvalue weighted by Crippen LogP contribution is -2.26. The summed E-state index contributed by atoms with van der Waals surface area (Å²) in [5.41, 5.74) is 0. The van der Waals surface area contributed by atoms with Crippen molar-refractivity contribution in [3.05, 3.63) is 6.73 Å². The van der Waals surface area contributed by atoms with Crippen LogP contribution in [0.2, 0.25) is 0 Å². The minimum absolute atomic E-state index is 0.694. The number of ether oxygens (including phenoxy) is 1. The van der Waals surface area contributed by atoms with E-state index in [1.807, 2.05) is 0 Å². The molecule has 4 heavy (non-hydrogen) atoms. The summed E-state index contributed by atoms with van der Waals surface area (Å²) in [6, 6.07) is 0. The van der Waals surface area contributed by atoms with E-state index in [1.165, 1.54) is 0 Å². The number of hydrogen-bond donors (Lipinski definition) is 1. The van der Waals surface area contributed by atoms with Gasteiger partial charge in [-0.1, -0.05) is 0 Å². The smallest absolute Gasteiger partial charge is 0.151 e. The van der Waals surface area contributed by atoms with Gasteiger partial charge in [0.25, 0.3) is 0 Å². The van der Waals surface area contributed by atoms with Crippen LogP contribution in [0.25, 0.3) is 0 Å². The molecule has 0 aliphatic carbocycles. The molecule has 1 rings (SSSR count). The molecular weight excluding hydrogens is 54.0 g/mol. The van der Waals surface area contributed by atoms with E-state index in [0.717, 1.165) is 0 Å². The molecule has 0 bridgehead atoms. The molecule has 1 heterocycles. The molecule has 1 radical (unpaired) electrons. The van der Waals surface area contributed by atoms with Gasteiger partial charge in [-0.05, 0) is 0 Å². The SMILES string of the molecule is [CH]1NCO1. The molecule has 2 nitrogen and oxygen atoms in total. The molecule has 23 valence electrons. The average molecular weight is 58.1 g/mol. The van der Waals surface area contributed by atoms with E-state index in [2.05, 4.69) is 10.1 Å². The van der Waals surface area contributed by atoms with E-state index in [1.54, 1.807) is 6.73 Å². The van der Waals surface area contributed by atoms with Crippen LogP contribution in [0.1, 0.15) is 0 Å². The highest BCUT2D eigenvalue weighted by Gasteiger charge is 1.92. The molecule has 1 N–H and O–H groups in total. The van der Waals surface area contributed by atoms with Gasteiger partial charge < -0.3 is 4.74 Å². The monoisotopic (exact) mass is 58.0 g/mol. The maximum Gasteiger partial charge on any atom is 0.151 e. The Morgan fingerprint density at radius 2 is 2.25 bits per heavy atom. The van der Waals surface area contributed by atoms with Crippen molar-refractivity contribution in [3.8, 4) is 0 Å². The Labute approximate surface area is 24.8 Å². The average Bonchev–Trinajstić information content (AvgIpc) is 0.722. The normalized spacial score (nSPS) is 24.0. The van der Waals surface area contributed by atoms with Crippen molar-refractivity contribution in [2.75, 3.05) is 6.73 Å². The van der Waals surface area contributed by atoms with Crippen molar-refractivity contribution < 1.29 is 4.74 Å². The van der Waals surface area contributed by atoms with Crippen molar-refractivity contribution in [1.82, 2.24) is 5.32 Å². The summed E-state index contributed by atoms with van der Waals surface area (Å²) < 4.78 is 4.49.